The number of nitrogens with zero attached hydrogens (tertiary/aromatic N) is 4. The number of alkyl halides is 2. The summed E-state index contributed by atoms with van der Waals surface area (Å²) in [6.45, 7) is 0. The smallest absolute Gasteiger partial charge is 0.132 e. The SMILES string of the molecule is O=C(CCC1CCC(C(F)Cc2ccc(-c3ccc(F)cc3)nn2)CC1)CC[C@H]1CC[C@H](C(F)Cc2ccc(-c3ccc(F)cc3)nn2)CC1. The summed E-state index contributed by atoms with van der Waals surface area (Å²) in [5.74, 6) is 0.638. The van der Waals surface area contributed by atoms with Crippen LogP contribution < -0.4 is 0 Å². The van der Waals surface area contributed by atoms with Crippen molar-refractivity contribution in [1.82, 2.24) is 20.4 Å². The average molecular weight is 687 g/mol. The van der Waals surface area contributed by atoms with E-state index in [0.29, 0.717) is 53.2 Å². The molecule has 6 rings (SSSR count). The molecule has 50 heavy (non-hydrogen) atoms. The number of Topliss-reactive ketones (excluding diaryl/α,β-unsaturated/α-hetero) is 1. The molecule has 4 aromatic rings. The molecule has 2 aliphatic carbocycles. The predicted octanol–water partition coefficient (Wildman–Crippen LogP) is 10.1. The summed E-state index contributed by atoms with van der Waals surface area (Å²) in [6.07, 6.45) is 8.58. The quantitative estimate of drug-likeness (QED) is 0.124. The highest BCUT2D eigenvalue weighted by Crippen LogP contribution is 2.37. The number of ketones is 1. The zero-order valence-corrected chi connectivity index (χ0v) is 28.5. The molecule has 0 saturated heterocycles. The first-order valence-electron chi connectivity index (χ1n) is 18.3. The van der Waals surface area contributed by atoms with Crippen LogP contribution >= 0.6 is 0 Å². The van der Waals surface area contributed by atoms with Crippen molar-refractivity contribution in [2.75, 3.05) is 0 Å². The second kappa shape index (κ2) is 17.3. The second-order valence-electron chi connectivity index (χ2n) is 14.5. The molecule has 0 radical (unpaired) electrons. The van der Waals surface area contributed by atoms with Crippen molar-refractivity contribution in [3.63, 3.8) is 0 Å². The molecule has 264 valence electrons. The van der Waals surface area contributed by atoms with Crippen molar-refractivity contribution in [3.05, 3.63) is 95.8 Å². The van der Waals surface area contributed by atoms with E-state index in [1.807, 2.05) is 0 Å². The minimum absolute atomic E-state index is 0.000807. The highest BCUT2D eigenvalue weighted by atomic mass is 19.1. The molecule has 0 bridgehead atoms. The first-order valence-corrected chi connectivity index (χ1v) is 18.3. The lowest BCUT2D eigenvalue weighted by molar-refractivity contribution is -0.119. The van der Waals surface area contributed by atoms with Gasteiger partial charge in [0, 0.05) is 36.8 Å². The molecule has 0 spiro atoms. The predicted molar refractivity (Wildman–Crippen MR) is 186 cm³/mol. The van der Waals surface area contributed by atoms with Crippen LogP contribution in [0, 0.1) is 35.3 Å². The van der Waals surface area contributed by atoms with Crippen molar-refractivity contribution < 1.29 is 22.4 Å². The molecule has 0 N–H and O–H groups in total. The van der Waals surface area contributed by atoms with Crippen molar-refractivity contribution in [2.45, 2.75) is 102 Å². The summed E-state index contributed by atoms with van der Waals surface area (Å²) in [7, 11) is 0. The van der Waals surface area contributed by atoms with Crippen molar-refractivity contribution in [2.24, 2.45) is 23.7 Å². The van der Waals surface area contributed by atoms with E-state index in [1.54, 1.807) is 48.5 Å². The van der Waals surface area contributed by atoms with Gasteiger partial charge in [-0.25, -0.2) is 17.6 Å². The van der Waals surface area contributed by atoms with E-state index in [1.165, 1.54) is 24.3 Å². The van der Waals surface area contributed by atoms with Gasteiger partial charge in [0.05, 0.1) is 22.8 Å². The van der Waals surface area contributed by atoms with Gasteiger partial charge < -0.3 is 0 Å². The summed E-state index contributed by atoms with van der Waals surface area (Å²) < 4.78 is 56.8. The molecular weight excluding hydrogens is 640 g/mol. The lowest BCUT2D eigenvalue weighted by Crippen LogP contribution is -2.25. The molecule has 2 aliphatic rings. The molecular formula is C41H46F4N4O. The molecule has 2 atom stereocenters. The molecule has 0 aliphatic heterocycles. The number of hydrogen-bond donors (Lipinski definition) is 0. The van der Waals surface area contributed by atoms with Crippen molar-refractivity contribution >= 4 is 5.78 Å². The van der Waals surface area contributed by atoms with Crippen LogP contribution in [0.3, 0.4) is 0 Å². The van der Waals surface area contributed by atoms with Crippen LogP contribution in [0.2, 0.25) is 0 Å². The van der Waals surface area contributed by atoms with Crippen molar-refractivity contribution in [3.8, 4) is 22.5 Å². The Hall–Kier alpha value is -4.01. The minimum Gasteiger partial charge on any atom is -0.300 e. The Morgan fingerprint density at radius 2 is 0.920 bits per heavy atom. The van der Waals surface area contributed by atoms with Gasteiger partial charge in [-0.3, -0.25) is 4.79 Å². The fraction of sp³-hybridized carbons (Fsp3) is 0.488. The van der Waals surface area contributed by atoms with E-state index in [2.05, 4.69) is 20.4 Å². The summed E-state index contributed by atoms with van der Waals surface area (Å²) >= 11 is 0. The Kier molecular flexibility index (Phi) is 12.4. The van der Waals surface area contributed by atoms with Crippen LogP contribution in [0.15, 0.2) is 72.8 Å². The third-order valence-electron chi connectivity index (χ3n) is 11.0. The second-order valence-corrected chi connectivity index (χ2v) is 14.5. The lowest BCUT2D eigenvalue weighted by Gasteiger charge is -2.31. The summed E-state index contributed by atoms with van der Waals surface area (Å²) in [6, 6.07) is 19.3. The van der Waals surface area contributed by atoms with Gasteiger partial charge in [-0.05, 0) is 135 Å². The summed E-state index contributed by atoms with van der Waals surface area (Å²) in [4.78, 5) is 12.8. The molecule has 5 nitrogen and oxygen atoms in total. The van der Waals surface area contributed by atoms with E-state index in [0.717, 1.165) is 75.3 Å². The van der Waals surface area contributed by atoms with E-state index in [-0.39, 0.29) is 36.3 Å². The zero-order chi connectivity index (χ0) is 34.9. The monoisotopic (exact) mass is 686 g/mol. The Morgan fingerprint density at radius 1 is 0.540 bits per heavy atom. The van der Waals surface area contributed by atoms with Crippen LogP contribution in [-0.2, 0) is 17.6 Å². The molecule has 0 amide bonds. The van der Waals surface area contributed by atoms with E-state index in [4.69, 9.17) is 0 Å². The third-order valence-corrected chi connectivity index (χ3v) is 11.0. The maximum atomic E-state index is 15.2. The lowest BCUT2D eigenvalue weighted by atomic mass is 9.76. The molecule has 9 heteroatoms. The molecule has 2 unspecified atom stereocenters. The van der Waals surface area contributed by atoms with Gasteiger partial charge in [-0.2, -0.15) is 20.4 Å². The number of carbonyl (C=O) groups is 1. The normalized spacial score (nSPS) is 22.2. The van der Waals surface area contributed by atoms with Gasteiger partial charge in [0.1, 0.15) is 29.8 Å². The fourth-order valence-corrected chi connectivity index (χ4v) is 7.75. The first kappa shape index (κ1) is 35.8. The number of hydrogen-bond acceptors (Lipinski definition) is 5. The molecule has 2 aromatic carbocycles. The van der Waals surface area contributed by atoms with E-state index >= 15 is 8.78 Å². The van der Waals surface area contributed by atoms with Gasteiger partial charge >= 0.3 is 0 Å². The van der Waals surface area contributed by atoms with E-state index in [9.17, 15) is 13.6 Å². The topological polar surface area (TPSA) is 68.6 Å². The Morgan fingerprint density at radius 3 is 1.26 bits per heavy atom. The van der Waals surface area contributed by atoms with Gasteiger partial charge in [-0.1, -0.05) is 25.7 Å². The summed E-state index contributed by atoms with van der Waals surface area (Å²) in [5.41, 5.74) is 4.04. The first-order chi connectivity index (χ1) is 24.3. The molecule has 2 heterocycles. The Bertz CT molecular complexity index is 1510. The fourth-order valence-electron chi connectivity index (χ4n) is 7.75. The zero-order valence-electron chi connectivity index (χ0n) is 28.5. The number of aromatic nitrogens is 4. The molecule has 2 aromatic heterocycles. The van der Waals surface area contributed by atoms with Gasteiger partial charge in [0.25, 0.3) is 0 Å². The minimum atomic E-state index is -0.972. The Labute approximate surface area is 292 Å². The Balaban J connectivity index is 0.833. The van der Waals surface area contributed by atoms with Gasteiger partial charge in [-0.15, -0.1) is 0 Å². The average Bonchev–Trinajstić information content (AvgIpc) is 3.15. The van der Waals surface area contributed by atoms with Gasteiger partial charge in [0.15, 0.2) is 0 Å². The maximum Gasteiger partial charge on any atom is 0.132 e. The third kappa shape index (κ3) is 10.0. The van der Waals surface area contributed by atoms with Crippen LogP contribution in [0.25, 0.3) is 22.5 Å². The number of carbonyl (C=O) groups excluding carboxylic acids is 1. The number of halogens is 4. The van der Waals surface area contributed by atoms with Crippen LogP contribution in [-0.4, -0.2) is 38.5 Å². The van der Waals surface area contributed by atoms with Crippen LogP contribution in [0.5, 0.6) is 0 Å². The highest BCUT2D eigenvalue weighted by molar-refractivity contribution is 5.78. The number of benzene rings is 2. The maximum absolute atomic E-state index is 15.2. The van der Waals surface area contributed by atoms with Gasteiger partial charge in [0.2, 0.25) is 0 Å². The van der Waals surface area contributed by atoms with Crippen molar-refractivity contribution in [1.29, 1.82) is 0 Å². The molecule has 2 saturated carbocycles. The standard InChI is InChI=1S/C41H46F4N4O/c42-33-15-11-31(12-16-33)40-23-19-35(46-48-40)25-38(44)29-7-1-27(2-8-29)5-21-37(50)22-6-28-3-9-30(10-4-28)39(45)26-36-20-24-41(49-47-36)32-13-17-34(43)18-14-32/h11-20,23-24,27-30,38-39H,1-10,21-22,25-26H2/t27-,28?,29-,30?,38?,39?. The molecule has 2 fully saturated rings. The summed E-state index contributed by atoms with van der Waals surface area (Å²) in [5, 5.41) is 16.9. The largest absolute Gasteiger partial charge is 0.300 e. The highest BCUT2D eigenvalue weighted by Gasteiger charge is 2.30. The van der Waals surface area contributed by atoms with Crippen LogP contribution in [0.4, 0.5) is 17.6 Å². The number of rotatable bonds is 14. The van der Waals surface area contributed by atoms with Crippen LogP contribution in [0.1, 0.15) is 88.4 Å². The van der Waals surface area contributed by atoms with E-state index < -0.39 is 12.3 Å².